The van der Waals surface area contributed by atoms with Crippen LogP contribution in [0, 0.1) is 5.92 Å². The van der Waals surface area contributed by atoms with E-state index in [0.29, 0.717) is 16.9 Å². The fourth-order valence-electron chi connectivity index (χ4n) is 4.27. The van der Waals surface area contributed by atoms with Gasteiger partial charge in [-0.1, -0.05) is 19.3 Å². The second kappa shape index (κ2) is 5.86. The van der Waals surface area contributed by atoms with Crippen LogP contribution >= 0.6 is 0 Å². The van der Waals surface area contributed by atoms with E-state index >= 15 is 0 Å². The Morgan fingerprint density at radius 3 is 2.91 bits per heavy atom. The van der Waals surface area contributed by atoms with E-state index in [9.17, 15) is 8.42 Å². The molecule has 7 heteroatoms. The summed E-state index contributed by atoms with van der Waals surface area (Å²) in [5, 5.41) is 7.72. The van der Waals surface area contributed by atoms with Gasteiger partial charge in [0.15, 0.2) is 0 Å². The molecule has 2 aliphatic carbocycles. The maximum atomic E-state index is 12.8. The summed E-state index contributed by atoms with van der Waals surface area (Å²) < 4.78 is 30.4. The smallest absolute Gasteiger partial charge is 0.244 e. The van der Waals surface area contributed by atoms with Crippen molar-refractivity contribution >= 4 is 10.0 Å². The molecule has 1 aliphatic heterocycles. The molecule has 4 rings (SSSR count). The van der Waals surface area contributed by atoms with E-state index in [-0.39, 0.29) is 5.54 Å². The van der Waals surface area contributed by atoms with Crippen LogP contribution in [0.15, 0.2) is 17.3 Å². The molecule has 2 atom stereocenters. The maximum absolute atomic E-state index is 12.8. The number of fused-ring (bicyclic) bond motifs is 1. The highest BCUT2D eigenvalue weighted by atomic mass is 32.2. The Bertz CT molecular complexity index is 665. The molecule has 128 valence electrons. The van der Waals surface area contributed by atoms with E-state index in [1.54, 1.807) is 6.20 Å². The van der Waals surface area contributed by atoms with E-state index in [1.165, 1.54) is 25.5 Å². The SMILES string of the molecule is O=S(=O)(NC12CCCNCC1C2)c1cnn(C2CCCCC2)c1. The lowest BCUT2D eigenvalue weighted by atomic mass is 9.96. The van der Waals surface area contributed by atoms with E-state index in [2.05, 4.69) is 15.1 Å². The number of nitrogens with zero attached hydrogens (tertiary/aromatic N) is 2. The summed E-state index contributed by atoms with van der Waals surface area (Å²) in [5.41, 5.74) is -0.213. The summed E-state index contributed by atoms with van der Waals surface area (Å²) in [5.74, 6) is 0.438. The molecular formula is C16H26N4O2S. The summed E-state index contributed by atoms with van der Waals surface area (Å²) >= 11 is 0. The van der Waals surface area contributed by atoms with Gasteiger partial charge in [-0.15, -0.1) is 0 Å². The number of hydrogen-bond acceptors (Lipinski definition) is 4. The maximum Gasteiger partial charge on any atom is 0.244 e. The quantitative estimate of drug-likeness (QED) is 0.878. The first kappa shape index (κ1) is 15.6. The molecule has 1 saturated heterocycles. The topological polar surface area (TPSA) is 76.0 Å². The van der Waals surface area contributed by atoms with Crippen LogP contribution < -0.4 is 10.0 Å². The second-order valence-electron chi connectivity index (χ2n) is 7.42. The monoisotopic (exact) mass is 338 g/mol. The normalized spacial score (nSPS) is 32.3. The van der Waals surface area contributed by atoms with Crippen LogP contribution in [-0.2, 0) is 10.0 Å². The lowest BCUT2D eigenvalue weighted by Crippen LogP contribution is -2.38. The predicted octanol–water partition coefficient (Wildman–Crippen LogP) is 1.81. The molecule has 0 radical (unpaired) electrons. The van der Waals surface area contributed by atoms with E-state index in [0.717, 1.165) is 45.2 Å². The molecule has 3 aliphatic rings. The summed E-state index contributed by atoms with van der Waals surface area (Å²) in [4.78, 5) is 0.320. The van der Waals surface area contributed by atoms with Crippen molar-refractivity contribution in [2.45, 2.75) is 67.8 Å². The van der Waals surface area contributed by atoms with Gasteiger partial charge >= 0.3 is 0 Å². The molecule has 23 heavy (non-hydrogen) atoms. The van der Waals surface area contributed by atoms with E-state index in [1.807, 2.05) is 4.68 Å². The Morgan fingerprint density at radius 2 is 2.09 bits per heavy atom. The molecule has 6 nitrogen and oxygen atoms in total. The van der Waals surface area contributed by atoms with Crippen molar-refractivity contribution in [1.29, 1.82) is 0 Å². The van der Waals surface area contributed by atoms with Gasteiger partial charge in [0.1, 0.15) is 4.90 Å². The molecule has 2 N–H and O–H groups in total. The van der Waals surface area contributed by atoms with Gasteiger partial charge in [-0.2, -0.15) is 5.10 Å². The summed E-state index contributed by atoms with van der Waals surface area (Å²) in [6.45, 7) is 1.91. The molecule has 0 amide bonds. The Morgan fingerprint density at radius 1 is 1.26 bits per heavy atom. The van der Waals surface area contributed by atoms with Crippen molar-refractivity contribution in [3.8, 4) is 0 Å². The number of aromatic nitrogens is 2. The van der Waals surface area contributed by atoms with Crippen molar-refractivity contribution < 1.29 is 8.42 Å². The average Bonchev–Trinajstić information content (AvgIpc) is 3.01. The molecular weight excluding hydrogens is 312 g/mol. The first-order valence-corrected chi connectivity index (χ1v) is 10.4. The van der Waals surface area contributed by atoms with Gasteiger partial charge in [0, 0.05) is 11.7 Å². The third kappa shape index (κ3) is 3.06. The average molecular weight is 338 g/mol. The van der Waals surface area contributed by atoms with Crippen LogP contribution in [0.2, 0.25) is 0 Å². The molecule has 0 aromatic carbocycles. The molecule has 1 aromatic heterocycles. The highest BCUT2D eigenvalue weighted by Gasteiger charge is 2.56. The standard InChI is InChI=1S/C16H26N4O2S/c21-23(22,19-16-7-4-8-17-10-13(16)9-16)15-11-18-20(12-15)14-5-2-1-3-6-14/h11-14,17,19H,1-10H2. The molecule has 1 aromatic rings. The van der Waals surface area contributed by atoms with Crippen LogP contribution in [0.25, 0.3) is 0 Å². The van der Waals surface area contributed by atoms with Crippen molar-refractivity contribution in [3.05, 3.63) is 12.4 Å². The van der Waals surface area contributed by atoms with Gasteiger partial charge in [-0.05, 0) is 51.1 Å². The summed E-state index contributed by atoms with van der Waals surface area (Å²) in [6, 6.07) is 0.363. The largest absolute Gasteiger partial charge is 0.316 e. The van der Waals surface area contributed by atoms with E-state index in [4.69, 9.17) is 0 Å². The van der Waals surface area contributed by atoms with E-state index < -0.39 is 10.0 Å². The van der Waals surface area contributed by atoms with Gasteiger partial charge in [0.25, 0.3) is 0 Å². The van der Waals surface area contributed by atoms with Gasteiger partial charge in [-0.25, -0.2) is 13.1 Å². The Hall–Kier alpha value is -0.920. The van der Waals surface area contributed by atoms with Crippen LogP contribution in [0.4, 0.5) is 0 Å². The zero-order valence-electron chi connectivity index (χ0n) is 13.5. The predicted molar refractivity (Wildman–Crippen MR) is 87.6 cm³/mol. The number of nitrogens with one attached hydrogen (secondary N) is 2. The van der Waals surface area contributed by atoms with Gasteiger partial charge in [0.2, 0.25) is 10.0 Å². The molecule has 2 saturated carbocycles. The number of hydrogen-bond donors (Lipinski definition) is 2. The third-order valence-electron chi connectivity index (χ3n) is 5.77. The minimum absolute atomic E-state index is 0.213. The molecule has 2 unspecified atom stereocenters. The fraction of sp³-hybridized carbons (Fsp3) is 0.812. The molecule has 2 heterocycles. The number of rotatable bonds is 4. The molecule has 3 fully saturated rings. The summed E-state index contributed by atoms with van der Waals surface area (Å²) in [6.07, 6.45) is 12.1. The zero-order chi connectivity index (χ0) is 15.9. The summed E-state index contributed by atoms with van der Waals surface area (Å²) in [7, 11) is -3.47. The minimum atomic E-state index is -3.47. The van der Waals surface area contributed by atoms with Crippen LogP contribution in [0.3, 0.4) is 0 Å². The molecule has 0 bridgehead atoms. The Balaban J connectivity index is 1.49. The highest BCUT2D eigenvalue weighted by molar-refractivity contribution is 7.89. The van der Waals surface area contributed by atoms with Crippen molar-refractivity contribution in [1.82, 2.24) is 19.8 Å². The first-order valence-electron chi connectivity index (χ1n) is 8.88. The van der Waals surface area contributed by atoms with Gasteiger partial charge in [-0.3, -0.25) is 4.68 Å². The van der Waals surface area contributed by atoms with Crippen molar-refractivity contribution in [2.75, 3.05) is 13.1 Å². The van der Waals surface area contributed by atoms with Crippen LogP contribution in [0.1, 0.15) is 57.4 Å². The second-order valence-corrected chi connectivity index (χ2v) is 9.10. The fourth-order valence-corrected chi connectivity index (χ4v) is 5.70. The van der Waals surface area contributed by atoms with Gasteiger partial charge in [0.05, 0.1) is 12.2 Å². The van der Waals surface area contributed by atoms with Gasteiger partial charge < -0.3 is 5.32 Å². The van der Waals surface area contributed by atoms with Crippen molar-refractivity contribution in [2.24, 2.45) is 5.92 Å². The first-order chi connectivity index (χ1) is 11.1. The zero-order valence-corrected chi connectivity index (χ0v) is 14.3. The Kier molecular flexibility index (Phi) is 3.98. The number of sulfonamides is 1. The van der Waals surface area contributed by atoms with Crippen molar-refractivity contribution in [3.63, 3.8) is 0 Å². The highest BCUT2D eigenvalue weighted by Crippen LogP contribution is 2.48. The molecule has 0 spiro atoms. The van der Waals surface area contributed by atoms with Crippen LogP contribution in [-0.4, -0.2) is 36.8 Å². The minimum Gasteiger partial charge on any atom is -0.316 e. The lowest BCUT2D eigenvalue weighted by molar-refractivity contribution is 0.329. The third-order valence-corrected chi connectivity index (χ3v) is 7.28. The lowest BCUT2D eigenvalue weighted by Gasteiger charge is -2.21. The Labute approximate surface area is 138 Å². The van der Waals surface area contributed by atoms with Crippen LogP contribution in [0.5, 0.6) is 0 Å².